The van der Waals surface area contributed by atoms with Gasteiger partial charge in [-0.15, -0.1) is 11.3 Å². The lowest BCUT2D eigenvalue weighted by atomic mass is 10.1. The van der Waals surface area contributed by atoms with Gasteiger partial charge < -0.3 is 14.2 Å². The van der Waals surface area contributed by atoms with E-state index in [0.717, 1.165) is 9.77 Å². The Morgan fingerprint density at radius 2 is 1.89 bits per heavy atom. The van der Waals surface area contributed by atoms with Crippen molar-refractivity contribution in [2.45, 2.75) is 81.0 Å². The number of fused-ring (bicyclic) bond motifs is 1. The maximum absolute atomic E-state index is 12.8. The van der Waals surface area contributed by atoms with E-state index >= 15 is 0 Å². The summed E-state index contributed by atoms with van der Waals surface area (Å²) in [5.41, 5.74) is 0.335. The van der Waals surface area contributed by atoms with Crippen LogP contribution in [0, 0.1) is 0 Å². The lowest BCUT2D eigenvalue weighted by Crippen LogP contribution is -2.40. The molecule has 0 aliphatic carbocycles. The molecule has 0 saturated carbocycles. The third-order valence-corrected chi connectivity index (χ3v) is 8.60. The van der Waals surface area contributed by atoms with E-state index in [1.54, 1.807) is 6.07 Å². The van der Waals surface area contributed by atoms with Gasteiger partial charge >= 0.3 is 0 Å². The Bertz CT molecular complexity index is 745. The number of thiophene rings is 1. The normalized spacial score (nSPS) is 20.8. The molecule has 10 heteroatoms. The van der Waals surface area contributed by atoms with Gasteiger partial charge in [-0.1, -0.05) is 0 Å². The fraction of sp³-hybridized carbons (Fsp3) is 0.778. The molecule has 0 amide bonds. The average molecular weight is 453 g/mol. The second kappa shape index (κ2) is 9.74. The van der Waals surface area contributed by atoms with E-state index in [2.05, 4.69) is 9.03 Å². The van der Waals surface area contributed by atoms with Crippen molar-refractivity contribution >= 4 is 33.3 Å². The van der Waals surface area contributed by atoms with Crippen LogP contribution in [0.2, 0.25) is 0 Å². The molecule has 7 nitrogen and oxygen atoms in total. The molecule has 0 spiro atoms. The summed E-state index contributed by atoms with van der Waals surface area (Å²) in [6.45, 7) is 14.9. The van der Waals surface area contributed by atoms with Crippen LogP contribution in [0.1, 0.15) is 60.1 Å². The lowest BCUT2D eigenvalue weighted by molar-refractivity contribution is -0.166. The first kappa shape index (κ1) is 24.1. The minimum atomic E-state index is -3.60. The number of rotatable bonds is 9. The Kier molecular flexibility index (Phi) is 8.37. The topological polar surface area (TPSA) is 77.1 Å². The summed E-state index contributed by atoms with van der Waals surface area (Å²) in [4.78, 5) is 0. The summed E-state index contributed by atoms with van der Waals surface area (Å²) in [6, 6.07) is 1.73. The van der Waals surface area contributed by atoms with Crippen LogP contribution in [0.5, 0.6) is 0 Å². The number of sulfonamides is 1. The molecule has 1 aromatic rings. The van der Waals surface area contributed by atoms with Crippen molar-refractivity contribution in [1.29, 1.82) is 0 Å². The van der Waals surface area contributed by atoms with E-state index in [-0.39, 0.29) is 18.6 Å². The molecule has 0 aromatic carbocycles. The van der Waals surface area contributed by atoms with Gasteiger partial charge in [-0.3, -0.25) is 0 Å². The summed E-state index contributed by atoms with van der Waals surface area (Å²) < 4.78 is 49.0. The molecular formula is C18H32N2O5S3. The first-order valence-electron chi connectivity index (χ1n) is 9.47. The second-order valence-corrected chi connectivity index (χ2v) is 11.8. The third-order valence-electron chi connectivity index (χ3n) is 3.87. The molecular weight excluding hydrogens is 420 g/mol. The highest BCUT2D eigenvalue weighted by molar-refractivity contribution is 7.99. The summed E-state index contributed by atoms with van der Waals surface area (Å²) in [5.74, 6) is 0. The predicted octanol–water partition coefficient (Wildman–Crippen LogP) is 3.97. The standard InChI is InChI=1S/C18H32N2O5S3/c1-8-23-12(3)20-11-15(25-13(4)24-9-2)14-10-16(26-17(14)27-20)28(21,22)19-18(5,6)7/h10,12-13,15,19H,8-9,11H2,1-7H3. The van der Waals surface area contributed by atoms with Crippen molar-refractivity contribution in [3.8, 4) is 0 Å². The Morgan fingerprint density at radius 3 is 2.46 bits per heavy atom. The van der Waals surface area contributed by atoms with Gasteiger partial charge in [-0.25, -0.2) is 17.4 Å². The summed E-state index contributed by atoms with van der Waals surface area (Å²) in [6.07, 6.45) is -0.801. The zero-order valence-electron chi connectivity index (χ0n) is 17.6. The average Bonchev–Trinajstić information content (AvgIpc) is 2.98. The smallest absolute Gasteiger partial charge is 0.250 e. The largest absolute Gasteiger partial charge is 0.363 e. The van der Waals surface area contributed by atoms with E-state index < -0.39 is 15.6 Å². The highest BCUT2D eigenvalue weighted by atomic mass is 32.3. The van der Waals surface area contributed by atoms with Crippen LogP contribution in [0.3, 0.4) is 0 Å². The highest BCUT2D eigenvalue weighted by Crippen LogP contribution is 2.46. The molecule has 1 N–H and O–H groups in total. The molecule has 3 atom stereocenters. The quantitative estimate of drug-likeness (QED) is 0.449. The van der Waals surface area contributed by atoms with E-state index in [9.17, 15) is 8.42 Å². The number of nitrogens with zero attached hydrogens (tertiary/aromatic N) is 1. The number of ether oxygens (including phenoxy) is 3. The van der Waals surface area contributed by atoms with Crippen molar-refractivity contribution in [2.75, 3.05) is 19.8 Å². The Morgan fingerprint density at radius 1 is 1.25 bits per heavy atom. The monoisotopic (exact) mass is 452 g/mol. The Hall–Kier alpha value is -0.200. The molecule has 3 unspecified atom stereocenters. The van der Waals surface area contributed by atoms with Crippen LogP contribution in [-0.2, 0) is 24.2 Å². The Labute approximate surface area is 177 Å². The first-order chi connectivity index (χ1) is 13.0. The zero-order valence-corrected chi connectivity index (χ0v) is 20.1. The van der Waals surface area contributed by atoms with E-state index in [1.807, 2.05) is 48.5 Å². The van der Waals surface area contributed by atoms with Gasteiger partial charge in [-0.05, 0) is 66.5 Å². The van der Waals surface area contributed by atoms with Gasteiger partial charge in [0.05, 0.1) is 4.21 Å². The van der Waals surface area contributed by atoms with Gasteiger partial charge in [0.25, 0.3) is 10.0 Å². The summed E-state index contributed by atoms with van der Waals surface area (Å²) in [5, 5.41) is 0. The van der Waals surface area contributed by atoms with Crippen molar-refractivity contribution in [1.82, 2.24) is 9.03 Å². The van der Waals surface area contributed by atoms with E-state index in [0.29, 0.717) is 24.0 Å². The van der Waals surface area contributed by atoms with Gasteiger partial charge in [-0.2, -0.15) is 0 Å². The van der Waals surface area contributed by atoms with E-state index in [4.69, 9.17) is 14.2 Å². The maximum Gasteiger partial charge on any atom is 0.250 e. The summed E-state index contributed by atoms with van der Waals surface area (Å²) >= 11 is 2.78. The number of hydrogen-bond donors (Lipinski definition) is 1. The molecule has 0 fully saturated rings. The highest BCUT2D eigenvalue weighted by Gasteiger charge is 2.35. The van der Waals surface area contributed by atoms with Crippen LogP contribution in [0.25, 0.3) is 0 Å². The molecule has 1 aliphatic rings. The van der Waals surface area contributed by atoms with E-state index in [1.165, 1.54) is 23.3 Å². The van der Waals surface area contributed by atoms with Crippen molar-refractivity contribution in [2.24, 2.45) is 0 Å². The van der Waals surface area contributed by atoms with Gasteiger partial charge in [0, 0.05) is 30.9 Å². The van der Waals surface area contributed by atoms with Crippen LogP contribution in [0.4, 0.5) is 0 Å². The molecule has 0 saturated heterocycles. The summed E-state index contributed by atoms with van der Waals surface area (Å²) in [7, 11) is -3.60. The maximum atomic E-state index is 12.8. The minimum absolute atomic E-state index is 0.119. The van der Waals surface area contributed by atoms with Crippen LogP contribution in [0.15, 0.2) is 14.5 Å². The van der Waals surface area contributed by atoms with Crippen LogP contribution >= 0.6 is 23.3 Å². The first-order valence-corrected chi connectivity index (χ1v) is 12.5. The van der Waals surface area contributed by atoms with Crippen LogP contribution in [-0.4, -0.2) is 50.5 Å². The lowest BCUT2D eigenvalue weighted by Gasteiger charge is -2.35. The molecule has 2 heterocycles. The van der Waals surface area contributed by atoms with Gasteiger partial charge in [0.15, 0.2) is 6.29 Å². The van der Waals surface area contributed by atoms with Gasteiger partial charge in [0.1, 0.15) is 16.5 Å². The minimum Gasteiger partial charge on any atom is -0.363 e. The molecule has 0 bridgehead atoms. The molecule has 162 valence electrons. The molecule has 2 rings (SSSR count). The van der Waals surface area contributed by atoms with Crippen molar-refractivity contribution in [3.05, 3.63) is 11.6 Å². The second-order valence-electron chi connectivity index (χ2n) is 7.56. The fourth-order valence-corrected chi connectivity index (χ4v) is 7.29. The molecule has 1 aromatic heterocycles. The third kappa shape index (κ3) is 6.40. The van der Waals surface area contributed by atoms with Crippen molar-refractivity contribution in [3.63, 3.8) is 0 Å². The molecule has 28 heavy (non-hydrogen) atoms. The molecule has 1 aliphatic heterocycles. The fourth-order valence-electron chi connectivity index (χ4n) is 2.82. The number of nitrogens with one attached hydrogen (secondary N) is 1. The zero-order chi connectivity index (χ0) is 21.1. The van der Waals surface area contributed by atoms with Gasteiger partial charge in [0.2, 0.25) is 0 Å². The number of hydrogen-bond acceptors (Lipinski definition) is 8. The predicted molar refractivity (Wildman–Crippen MR) is 113 cm³/mol. The molecule has 0 radical (unpaired) electrons. The van der Waals surface area contributed by atoms with Crippen LogP contribution < -0.4 is 4.72 Å². The van der Waals surface area contributed by atoms with Crippen molar-refractivity contribution < 1.29 is 22.6 Å². The Balaban J connectivity index is 2.34. The SMILES string of the molecule is CCOC(C)OC1CN(C(C)OCC)Sc2sc(S(=O)(=O)NC(C)(C)C)cc21.